The van der Waals surface area contributed by atoms with Gasteiger partial charge in [-0.05, 0) is 51.9 Å². The third-order valence-corrected chi connectivity index (χ3v) is 6.93. The Labute approximate surface area is 183 Å². The van der Waals surface area contributed by atoms with Gasteiger partial charge in [0.2, 0.25) is 0 Å². The Hall–Kier alpha value is -2.65. The van der Waals surface area contributed by atoms with Crippen molar-refractivity contribution < 1.29 is 8.42 Å². The number of nitrogens with zero attached hydrogens (tertiary/aromatic N) is 6. The Morgan fingerprint density at radius 3 is 2.55 bits per heavy atom. The predicted octanol–water partition coefficient (Wildman–Crippen LogP) is 2.85. The van der Waals surface area contributed by atoms with Crippen molar-refractivity contribution >= 4 is 9.84 Å². The van der Waals surface area contributed by atoms with Gasteiger partial charge >= 0.3 is 0 Å². The summed E-state index contributed by atoms with van der Waals surface area (Å²) in [5.74, 6) is 0.541. The van der Waals surface area contributed by atoms with E-state index in [0.29, 0.717) is 17.2 Å². The van der Waals surface area contributed by atoms with E-state index in [-0.39, 0.29) is 10.8 Å². The molecule has 9 heteroatoms. The molecule has 0 aliphatic carbocycles. The highest BCUT2D eigenvalue weighted by Gasteiger charge is 2.28. The number of hydrogen-bond donors (Lipinski definition) is 0. The van der Waals surface area contributed by atoms with Gasteiger partial charge in [0.25, 0.3) is 0 Å². The number of sulfone groups is 1. The highest BCUT2D eigenvalue weighted by atomic mass is 32.2. The molecule has 0 atom stereocenters. The van der Waals surface area contributed by atoms with Gasteiger partial charge < -0.3 is 0 Å². The van der Waals surface area contributed by atoms with E-state index in [1.807, 2.05) is 29.8 Å². The van der Waals surface area contributed by atoms with E-state index < -0.39 is 9.84 Å². The van der Waals surface area contributed by atoms with Crippen LogP contribution in [0.3, 0.4) is 0 Å². The molecule has 164 valence electrons. The van der Waals surface area contributed by atoms with Crippen LogP contribution in [-0.2, 0) is 22.9 Å². The first-order valence-corrected chi connectivity index (χ1v) is 12.5. The molecule has 4 rings (SSSR count). The number of hydrogen-bond acceptors (Lipinski definition) is 7. The number of aromatic nitrogens is 5. The molecule has 0 amide bonds. The molecule has 3 aromatic rings. The average Bonchev–Trinajstić information content (AvgIpc) is 3.13. The topological polar surface area (TPSA) is 93.9 Å². The minimum Gasteiger partial charge on any atom is -0.299 e. The molecule has 1 saturated heterocycles. The zero-order valence-corrected chi connectivity index (χ0v) is 19.0. The van der Waals surface area contributed by atoms with Gasteiger partial charge in [0.15, 0.2) is 15.7 Å². The van der Waals surface area contributed by atoms with Gasteiger partial charge in [0.1, 0.15) is 10.6 Å². The van der Waals surface area contributed by atoms with Crippen LogP contribution >= 0.6 is 0 Å². The van der Waals surface area contributed by atoms with E-state index in [1.165, 1.54) is 18.0 Å². The van der Waals surface area contributed by atoms with Crippen LogP contribution in [0.25, 0.3) is 11.5 Å². The van der Waals surface area contributed by atoms with E-state index >= 15 is 0 Å². The average molecular weight is 441 g/mol. The second kappa shape index (κ2) is 8.84. The van der Waals surface area contributed by atoms with E-state index in [0.717, 1.165) is 44.7 Å². The van der Waals surface area contributed by atoms with E-state index in [4.69, 9.17) is 0 Å². The fourth-order valence-electron chi connectivity index (χ4n) is 4.06. The zero-order chi connectivity index (χ0) is 22.0. The SMILES string of the molecule is CCn1cc(CN2CCC(c3nc(-c4ccccn4)ncc3S(C)(=O)=O)CC2)c(C)n1. The largest absolute Gasteiger partial charge is 0.299 e. The first-order chi connectivity index (χ1) is 14.8. The second-order valence-corrected chi connectivity index (χ2v) is 10.1. The Balaban J connectivity index is 1.54. The molecule has 1 aliphatic rings. The summed E-state index contributed by atoms with van der Waals surface area (Å²) >= 11 is 0. The molecule has 0 spiro atoms. The molecule has 0 radical (unpaired) electrons. The van der Waals surface area contributed by atoms with Gasteiger partial charge in [-0.2, -0.15) is 5.10 Å². The maximum absolute atomic E-state index is 12.4. The lowest BCUT2D eigenvalue weighted by atomic mass is 9.93. The summed E-state index contributed by atoms with van der Waals surface area (Å²) in [5, 5.41) is 4.53. The molecular formula is C22H28N6O2S. The van der Waals surface area contributed by atoms with Gasteiger partial charge in [0.05, 0.1) is 11.4 Å². The van der Waals surface area contributed by atoms with Crippen LogP contribution < -0.4 is 0 Å². The summed E-state index contributed by atoms with van der Waals surface area (Å²) in [6.45, 7) is 7.62. The van der Waals surface area contributed by atoms with Gasteiger partial charge in [-0.15, -0.1) is 0 Å². The number of rotatable bonds is 6. The summed E-state index contributed by atoms with van der Waals surface area (Å²) in [5.41, 5.74) is 3.58. The minimum absolute atomic E-state index is 0.0749. The summed E-state index contributed by atoms with van der Waals surface area (Å²) in [4.78, 5) is 15.9. The molecule has 1 fully saturated rings. The van der Waals surface area contributed by atoms with Crippen LogP contribution in [0, 0.1) is 6.92 Å². The fourth-order valence-corrected chi connectivity index (χ4v) is 4.90. The Kier molecular flexibility index (Phi) is 6.15. The molecule has 31 heavy (non-hydrogen) atoms. The smallest absolute Gasteiger partial charge is 0.178 e. The van der Waals surface area contributed by atoms with Gasteiger partial charge in [-0.1, -0.05) is 6.07 Å². The Morgan fingerprint density at radius 2 is 1.94 bits per heavy atom. The van der Waals surface area contributed by atoms with Gasteiger partial charge in [-0.3, -0.25) is 14.6 Å². The maximum atomic E-state index is 12.4. The number of pyridine rings is 1. The van der Waals surface area contributed by atoms with Crippen LogP contribution in [0.2, 0.25) is 0 Å². The standard InChI is InChI=1S/C22H28N6O2S/c1-4-28-15-18(16(2)26-28)14-27-11-8-17(9-12-27)21-20(31(3,29)30)13-24-22(25-21)19-7-5-6-10-23-19/h5-7,10,13,15,17H,4,8-9,11-12,14H2,1-3H3. The second-order valence-electron chi connectivity index (χ2n) is 8.08. The van der Waals surface area contributed by atoms with Crippen molar-refractivity contribution in [3.8, 4) is 11.5 Å². The van der Waals surface area contributed by atoms with Crippen LogP contribution in [0.5, 0.6) is 0 Å². The molecule has 1 aliphatic heterocycles. The third kappa shape index (κ3) is 4.83. The first-order valence-electron chi connectivity index (χ1n) is 10.6. The lowest BCUT2D eigenvalue weighted by Gasteiger charge is -2.32. The fraction of sp³-hybridized carbons (Fsp3) is 0.455. The Bertz CT molecular complexity index is 1150. The lowest BCUT2D eigenvalue weighted by Crippen LogP contribution is -2.33. The summed E-state index contributed by atoms with van der Waals surface area (Å²) in [6, 6.07) is 5.54. The summed E-state index contributed by atoms with van der Waals surface area (Å²) in [7, 11) is -3.42. The molecule has 4 heterocycles. The first kappa shape index (κ1) is 21.6. The highest BCUT2D eigenvalue weighted by molar-refractivity contribution is 7.90. The van der Waals surface area contributed by atoms with Gasteiger partial charge in [-0.25, -0.2) is 18.4 Å². The van der Waals surface area contributed by atoms with E-state index in [2.05, 4.69) is 38.1 Å². The third-order valence-electron chi connectivity index (χ3n) is 5.82. The van der Waals surface area contributed by atoms with E-state index in [1.54, 1.807) is 6.20 Å². The molecule has 0 aromatic carbocycles. The normalized spacial score (nSPS) is 16.0. The van der Waals surface area contributed by atoms with Crippen molar-refractivity contribution in [2.75, 3.05) is 19.3 Å². The Morgan fingerprint density at radius 1 is 1.16 bits per heavy atom. The zero-order valence-electron chi connectivity index (χ0n) is 18.2. The van der Waals surface area contributed by atoms with Crippen LogP contribution in [-0.4, -0.2) is 57.4 Å². The lowest BCUT2D eigenvalue weighted by molar-refractivity contribution is 0.202. The summed E-state index contributed by atoms with van der Waals surface area (Å²) in [6.07, 6.45) is 8.16. The molecule has 8 nitrogen and oxygen atoms in total. The molecule has 0 bridgehead atoms. The molecule has 0 N–H and O–H groups in total. The van der Waals surface area contributed by atoms with Crippen molar-refractivity contribution in [3.63, 3.8) is 0 Å². The number of piperidine rings is 1. The predicted molar refractivity (Wildman–Crippen MR) is 118 cm³/mol. The van der Waals surface area contributed by atoms with Gasteiger partial charge in [0, 0.05) is 49.4 Å². The van der Waals surface area contributed by atoms with Crippen molar-refractivity contribution in [2.24, 2.45) is 0 Å². The van der Waals surface area contributed by atoms with E-state index in [9.17, 15) is 8.42 Å². The van der Waals surface area contributed by atoms with Crippen LogP contribution in [0.1, 0.15) is 42.6 Å². The molecule has 3 aromatic heterocycles. The highest BCUT2D eigenvalue weighted by Crippen LogP contribution is 2.32. The monoisotopic (exact) mass is 440 g/mol. The number of likely N-dealkylation sites (tertiary alicyclic amines) is 1. The molecule has 0 saturated carbocycles. The van der Waals surface area contributed by atoms with Crippen molar-refractivity contribution in [2.45, 2.75) is 50.6 Å². The maximum Gasteiger partial charge on any atom is 0.178 e. The summed E-state index contributed by atoms with van der Waals surface area (Å²) < 4.78 is 26.8. The quantitative estimate of drug-likeness (QED) is 0.582. The molecular weight excluding hydrogens is 412 g/mol. The van der Waals surface area contributed by atoms with Crippen molar-refractivity contribution in [1.29, 1.82) is 0 Å². The molecule has 0 unspecified atom stereocenters. The number of aryl methyl sites for hydroxylation is 2. The van der Waals surface area contributed by atoms with Crippen molar-refractivity contribution in [1.82, 2.24) is 29.6 Å². The van der Waals surface area contributed by atoms with Crippen LogP contribution in [0.4, 0.5) is 0 Å². The van der Waals surface area contributed by atoms with Crippen molar-refractivity contribution in [3.05, 3.63) is 53.7 Å². The van der Waals surface area contributed by atoms with Crippen LogP contribution in [0.15, 0.2) is 41.7 Å². The minimum atomic E-state index is -3.42.